The van der Waals surface area contributed by atoms with Gasteiger partial charge in [-0.25, -0.2) is 0 Å². The van der Waals surface area contributed by atoms with Gasteiger partial charge in [-0.05, 0) is 43.3 Å². The monoisotopic (exact) mass is 309 g/mol. The molecule has 2 amide bonds. The van der Waals surface area contributed by atoms with Crippen LogP contribution in [0.5, 0.6) is 0 Å². The summed E-state index contributed by atoms with van der Waals surface area (Å²) in [5.74, 6) is 5.32. The van der Waals surface area contributed by atoms with Crippen LogP contribution in [0.25, 0.3) is 0 Å². The summed E-state index contributed by atoms with van der Waals surface area (Å²) in [4.78, 5) is 25.9. The van der Waals surface area contributed by atoms with Crippen LogP contribution in [-0.4, -0.2) is 22.8 Å². The van der Waals surface area contributed by atoms with E-state index in [0.29, 0.717) is 16.1 Å². The molecule has 0 bridgehead atoms. The van der Waals surface area contributed by atoms with Crippen molar-refractivity contribution in [1.82, 2.24) is 4.90 Å². The number of carbonyl (C=O) groups excluding carboxylic acids is 2. The molecule has 2 aromatic rings. The van der Waals surface area contributed by atoms with Crippen molar-refractivity contribution in [2.45, 2.75) is 13.0 Å². The first kappa shape index (κ1) is 14.4. The zero-order chi connectivity index (χ0) is 15.7. The molecule has 22 heavy (non-hydrogen) atoms. The van der Waals surface area contributed by atoms with E-state index in [-0.39, 0.29) is 11.8 Å². The lowest BCUT2D eigenvalue weighted by Crippen LogP contribution is -2.37. The maximum absolute atomic E-state index is 12.3. The highest BCUT2D eigenvalue weighted by Crippen LogP contribution is 2.24. The fraction of sp³-hybridized carbons (Fsp3) is 0.111. The highest BCUT2D eigenvalue weighted by molar-refractivity contribution is 6.30. The van der Waals surface area contributed by atoms with Crippen molar-refractivity contribution >= 4 is 23.4 Å². The molecule has 0 unspecified atom stereocenters. The van der Waals surface area contributed by atoms with Crippen LogP contribution in [0.1, 0.15) is 33.2 Å². The standard InChI is InChI=1S/C18H12ClNO2/c1-12(6-7-13-8-10-14(19)11-9-13)20-17(21)15-4-2-3-5-16(15)18(20)22/h2-5,8-12H,1H3/t12-/m1/s1. The SMILES string of the molecule is C[C@H](C#Cc1ccc(Cl)cc1)N1C(=O)c2ccccc2C1=O. The summed E-state index contributed by atoms with van der Waals surface area (Å²) >= 11 is 5.82. The fourth-order valence-corrected chi connectivity index (χ4v) is 2.47. The molecular formula is C18H12ClNO2. The van der Waals surface area contributed by atoms with E-state index in [9.17, 15) is 9.59 Å². The van der Waals surface area contributed by atoms with Gasteiger partial charge in [-0.1, -0.05) is 35.6 Å². The highest BCUT2D eigenvalue weighted by atomic mass is 35.5. The lowest BCUT2D eigenvalue weighted by molar-refractivity contribution is 0.0630. The van der Waals surface area contributed by atoms with Gasteiger partial charge in [0.25, 0.3) is 11.8 Å². The molecule has 1 heterocycles. The second-order valence-corrected chi connectivity index (χ2v) is 5.41. The lowest BCUT2D eigenvalue weighted by atomic mass is 10.1. The van der Waals surface area contributed by atoms with Gasteiger partial charge in [-0.2, -0.15) is 0 Å². The van der Waals surface area contributed by atoms with Crippen molar-refractivity contribution in [2.75, 3.05) is 0 Å². The molecule has 2 aromatic carbocycles. The summed E-state index contributed by atoms with van der Waals surface area (Å²) in [5.41, 5.74) is 1.66. The van der Waals surface area contributed by atoms with Gasteiger partial charge in [0.2, 0.25) is 0 Å². The quantitative estimate of drug-likeness (QED) is 0.598. The molecule has 0 fully saturated rings. The Morgan fingerprint density at radius 2 is 1.50 bits per heavy atom. The second kappa shape index (κ2) is 5.67. The smallest absolute Gasteiger partial charge is 0.262 e. The zero-order valence-corrected chi connectivity index (χ0v) is 12.6. The summed E-state index contributed by atoms with van der Waals surface area (Å²) in [5, 5.41) is 0.638. The van der Waals surface area contributed by atoms with Gasteiger partial charge >= 0.3 is 0 Å². The Kier molecular flexibility index (Phi) is 3.70. The van der Waals surface area contributed by atoms with Gasteiger partial charge in [-0.3, -0.25) is 14.5 Å². The molecule has 0 N–H and O–H groups in total. The van der Waals surface area contributed by atoms with Crippen LogP contribution >= 0.6 is 11.6 Å². The van der Waals surface area contributed by atoms with Crippen molar-refractivity contribution < 1.29 is 9.59 Å². The predicted molar refractivity (Wildman–Crippen MR) is 84.7 cm³/mol. The molecule has 1 aliphatic rings. The molecule has 4 heteroatoms. The maximum Gasteiger partial charge on any atom is 0.262 e. The van der Waals surface area contributed by atoms with Crippen molar-refractivity contribution in [3.8, 4) is 11.8 Å². The molecule has 108 valence electrons. The molecule has 0 saturated carbocycles. The summed E-state index contributed by atoms with van der Waals surface area (Å²) in [6.07, 6.45) is 0. The first-order valence-corrected chi connectivity index (χ1v) is 7.20. The number of imide groups is 1. The number of fused-ring (bicyclic) bond motifs is 1. The topological polar surface area (TPSA) is 37.4 Å². The first-order valence-electron chi connectivity index (χ1n) is 6.82. The lowest BCUT2D eigenvalue weighted by Gasteiger charge is -2.17. The third-order valence-corrected chi connectivity index (χ3v) is 3.73. The van der Waals surface area contributed by atoms with E-state index in [0.717, 1.165) is 5.56 Å². The average molecular weight is 310 g/mol. The molecule has 0 aliphatic carbocycles. The summed E-state index contributed by atoms with van der Waals surface area (Å²) in [7, 11) is 0. The zero-order valence-electron chi connectivity index (χ0n) is 11.8. The molecule has 3 nitrogen and oxygen atoms in total. The average Bonchev–Trinajstić information content (AvgIpc) is 2.79. The van der Waals surface area contributed by atoms with E-state index in [1.807, 2.05) is 0 Å². The van der Waals surface area contributed by atoms with Gasteiger partial charge in [-0.15, -0.1) is 0 Å². The van der Waals surface area contributed by atoms with E-state index in [1.165, 1.54) is 4.90 Å². The molecule has 0 radical (unpaired) electrons. The maximum atomic E-state index is 12.3. The predicted octanol–water partition coefficient (Wildman–Crippen LogP) is 3.38. The molecule has 1 atom stereocenters. The number of carbonyl (C=O) groups is 2. The Morgan fingerprint density at radius 1 is 0.955 bits per heavy atom. The van der Waals surface area contributed by atoms with E-state index >= 15 is 0 Å². The fourth-order valence-electron chi connectivity index (χ4n) is 2.35. The summed E-state index contributed by atoms with van der Waals surface area (Å²) < 4.78 is 0. The van der Waals surface area contributed by atoms with Crippen LogP contribution in [-0.2, 0) is 0 Å². The van der Waals surface area contributed by atoms with Crippen LogP contribution in [0.3, 0.4) is 0 Å². The second-order valence-electron chi connectivity index (χ2n) is 4.98. The van der Waals surface area contributed by atoms with Gasteiger partial charge in [0, 0.05) is 10.6 Å². The van der Waals surface area contributed by atoms with Crippen LogP contribution in [0.2, 0.25) is 5.02 Å². The molecule has 0 spiro atoms. The van der Waals surface area contributed by atoms with Crippen molar-refractivity contribution in [3.63, 3.8) is 0 Å². The Hall–Kier alpha value is -2.57. The normalized spacial score (nSPS) is 14.4. The van der Waals surface area contributed by atoms with Crippen LogP contribution < -0.4 is 0 Å². The molecule has 0 aromatic heterocycles. The van der Waals surface area contributed by atoms with Crippen LogP contribution in [0.4, 0.5) is 0 Å². The summed E-state index contributed by atoms with van der Waals surface area (Å²) in [6, 6.07) is 13.4. The Balaban J connectivity index is 1.85. The Labute approximate surface area is 133 Å². The minimum atomic E-state index is -0.497. The number of rotatable bonds is 1. The third kappa shape index (κ3) is 2.49. The summed E-state index contributed by atoms with van der Waals surface area (Å²) in [6.45, 7) is 1.74. The number of benzene rings is 2. The largest absolute Gasteiger partial charge is 0.269 e. The van der Waals surface area contributed by atoms with Gasteiger partial charge in [0.15, 0.2) is 0 Å². The third-order valence-electron chi connectivity index (χ3n) is 3.48. The van der Waals surface area contributed by atoms with E-state index in [1.54, 1.807) is 55.5 Å². The molecule has 3 rings (SSSR count). The molecule has 1 aliphatic heterocycles. The first-order chi connectivity index (χ1) is 10.6. The minimum Gasteiger partial charge on any atom is -0.269 e. The highest BCUT2D eigenvalue weighted by Gasteiger charge is 2.37. The Bertz CT molecular complexity index is 780. The van der Waals surface area contributed by atoms with Crippen molar-refractivity contribution in [3.05, 3.63) is 70.2 Å². The molecular weight excluding hydrogens is 298 g/mol. The minimum absolute atomic E-state index is 0.293. The number of nitrogens with zero attached hydrogens (tertiary/aromatic N) is 1. The van der Waals surface area contributed by atoms with Crippen molar-refractivity contribution in [2.24, 2.45) is 0 Å². The number of halogens is 1. The molecule has 0 saturated heterocycles. The van der Waals surface area contributed by atoms with Crippen molar-refractivity contribution in [1.29, 1.82) is 0 Å². The van der Waals surface area contributed by atoms with Gasteiger partial charge in [0.05, 0.1) is 17.2 Å². The number of hydrogen-bond donors (Lipinski definition) is 0. The van der Waals surface area contributed by atoms with E-state index < -0.39 is 6.04 Å². The number of amides is 2. The van der Waals surface area contributed by atoms with E-state index in [2.05, 4.69) is 11.8 Å². The van der Waals surface area contributed by atoms with Crippen LogP contribution in [0.15, 0.2) is 48.5 Å². The van der Waals surface area contributed by atoms with E-state index in [4.69, 9.17) is 11.6 Å². The Morgan fingerprint density at radius 3 is 2.05 bits per heavy atom. The van der Waals surface area contributed by atoms with Gasteiger partial charge in [0.1, 0.15) is 0 Å². The van der Waals surface area contributed by atoms with Crippen LogP contribution in [0, 0.1) is 11.8 Å². The van der Waals surface area contributed by atoms with Gasteiger partial charge < -0.3 is 0 Å². The number of hydrogen-bond acceptors (Lipinski definition) is 2.